The summed E-state index contributed by atoms with van der Waals surface area (Å²) in [6.07, 6.45) is 4.38. The average Bonchev–Trinajstić information content (AvgIpc) is 3.33. The summed E-state index contributed by atoms with van der Waals surface area (Å²) in [6.45, 7) is 8.08. The molecule has 2 aliphatic rings. The molecule has 0 aromatic heterocycles. The summed E-state index contributed by atoms with van der Waals surface area (Å²) in [5.74, 6) is -1.11. The molecule has 6 atom stereocenters. The minimum atomic E-state index is -3.60. The Morgan fingerprint density at radius 3 is 1.23 bits per heavy atom. The van der Waals surface area contributed by atoms with Gasteiger partial charge in [-0.3, -0.25) is 21.4 Å². The van der Waals surface area contributed by atoms with Gasteiger partial charge in [0.15, 0.2) is 19.7 Å². The molecule has 4 aromatic rings. The highest BCUT2D eigenvalue weighted by Crippen LogP contribution is 2.50. The Labute approximate surface area is 332 Å². The van der Waals surface area contributed by atoms with Gasteiger partial charge in [-0.15, -0.1) is 0 Å². The van der Waals surface area contributed by atoms with Crippen LogP contribution in [-0.2, 0) is 19.7 Å². The Balaban J connectivity index is 0.000000214. The van der Waals surface area contributed by atoms with E-state index in [0.717, 1.165) is 36.8 Å². The number of hydrogen-bond donors (Lipinski definition) is 6. The second-order valence-corrected chi connectivity index (χ2v) is 19.5. The molecule has 4 aromatic carbocycles. The lowest BCUT2D eigenvalue weighted by atomic mass is 9.69. The molecular formula is C44H58N2O8S2. The molecule has 56 heavy (non-hydrogen) atoms. The Kier molecular flexibility index (Phi) is 14.1. The van der Waals surface area contributed by atoms with Crippen molar-refractivity contribution < 1.29 is 37.5 Å². The average molecular weight is 807 g/mol. The van der Waals surface area contributed by atoms with Crippen molar-refractivity contribution in [2.75, 3.05) is 22.5 Å². The van der Waals surface area contributed by atoms with Crippen molar-refractivity contribution in [2.45, 2.75) is 113 Å². The maximum atomic E-state index is 13.4. The molecular weight excluding hydrogens is 749 g/mol. The molecule has 2 unspecified atom stereocenters. The smallest absolute Gasteiger partial charge is 0.179 e. The molecule has 0 saturated heterocycles. The number of aliphatic hydroxyl groups excluding tert-OH is 2. The van der Waals surface area contributed by atoms with E-state index in [-0.39, 0.29) is 21.3 Å². The van der Waals surface area contributed by atoms with Gasteiger partial charge in [-0.2, -0.15) is 0 Å². The molecule has 6 rings (SSSR count). The van der Waals surface area contributed by atoms with E-state index in [1.54, 1.807) is 24.3 Å². The molecule has 0 amide bonds. The number of benzene rings is 4. The normalized spacial score (nSPS) is 26.3. The Morgan fingerprint density at radius 2 is 0.929 bits per heavy atom. The zero-order chi connectivity index (χ0) is 40.7. The fraction of sp³-hybridized carbons (Fsp3) is 0.455. The molecule has 0 aliphatic carbocycles. The lowest BCUT2D eigenvalue weighted by Gasteiger charge is -2.39. The number of rotatable bonds is 12. The van der Waals surface area contributed by atoms with E-state index < -0.39 is 54.5 Å². The van der Waals surface area contributed by atoms with Gasteiger partial charge in [0, 0.05) is 22.7 Å². The highest BCUT2D eigenvalue weighted by Gasteiger charge is 2.50. The van der Waals surface area contributed by atoms with E-state index in [2.05, 4.69) is 24.8 Å². The summed E-state index contributed by atoms with van der Waals surface area (Å²) in [5, 5.41) is 42.0. The van der Waals surface area contributed by atoms with Crippen molar-refractivity contribution >= 4 is 31.0 Å². The van der Waals surface area contributed by atoms with E-state index in [9.17, 15) is 37.5 Å². The van der Waals surface area contributed by atoms with Gasteiger partial charge in [0.2, 0.25) is 0 Å². The van der Waals surface area contributed by atoms with Crippen LogP contribution in [0.25, 0.3) is 0 Å². The lowest BCUT2D eigenvalue weighted by molar-refractivity contribution is 0.0173. The molecule has 0 bridgehead atoms. The van der Waals surface area contributed by atoms with Crippen LogP contribution < -0.4 is 11.0 Å². The first-order valence-corrected chi connectivity index (χ1v) is 23.1. The topological polar surface area (TPSA) is 173 Å². The second-order valence-electron chi connectivity index (χ2n) is 15.6. The molecule has 0 radical (unpaired) electrons. The molecule has 2 aliphatic heterocycles. The van der Waals surface area contributed by atoms with E-state index >= 15 is 0 Å². The third-order valence-electron chi connectivity index (χ3n) is 12.2. The van der Waals surface area contributed by atoms with Crippen LogP contribution in [0, 0.1) is 10.8 Å². The molecule has 0 spiro atoms. The van der Waals surface area contributed by atoms with Crippen molar-refractivity contribution in [3.05, 3.63) is 119 Å². The largest absolute Gasteiger partial charge is 0.392 e. The number of nitrogens with one attached hydrogen (secondary N) is 2. The standard InChI is InChI=1S/2C22H29NO4S/c2*1-3-5-13-22(4-2)15-28(26,27)19-12-11-17(23-25)14-18(19)20(21(22)24)16-9-7-6-8-10-16/h2*6-12,14,20-21,23-25H,3-5,13,15H2,1-2H3/t20-,21?,22+;20-,21?,22-/m01/s1. The van der Waals surface area contributed by atoms with Crippen LogP contribution in [0.15, 0.2) is 107 Å². The summed E-state index contributed by atoms with van der Waals surface area (Å²) >= 11 is 0. The second kappa shape index (κ2) is 18.2. The molecule has 304 valence electrons. The summed E-state index contributed by atoms with van der Waals surface area (Å²) in [4.78, 5) is 0.484. The Hall–Kier alpha value is -3.78. The molecule has 0 saturated carbocycles. The third-order valence-corrected chi connectivity index (χ3v) is 16.2. The molecule has 12 heteroatoms. The van der Waals surface area contributed by atoms with Crippen LogP contribution in [0.4, 0.5) is 11.4 Å². The summed E-state index contributed by atoms with van der Waals surface area (Å²) in [6, 6.07) is 28.6. The Morgan fingerprint density at radius 1 is 0.571 bits per heavy atom. The number of hydrogen-bond acceptors (Lipinski definition) is 10. The van der Waals surface area contributed by atoms with Crippen molar-refractivity contribution in [3.8, 4) is 0 Å². The SMILES string of the molecule is CCCC[C@]1(CC)CS(=O)(=O)c2ccc(NO)cc2[C@@H](c2ccccc2)C1O.CCCC[C@]1(CC)CS(=O)(=O)c2ccc(NO)cc2[C@H](c2ccccc2)C1O. The van der Waals surface area contributed by atoms with Crippen LogP contribution in [0.1, 0.15) is 113 Å². The van der Waals surface area contributed by atoms with Gasteiger partial charge in [0.25, 0.3) is 0 Å². The fourth-order valence-electron chi connectivity index (χ4n) is 8.94. The van der Waals surface area contributed by atoms with Crippen LogP contribution in [0.3, 0.4) is 0 Å². The molecule has 10 nitrogen and oxygen atoms in total. The number of aliphatic hydroxyl groups is 2. The van der Waals surface area contributed by atoms with Gasteiger partial charge in [0.05, 0.1) is 44.9 Å². The fourth-order valence-corrected chi connectivity index (χ4v) is 13.4. The van der Waals surface area contributed by atoms with Gasteiger partial charge < -0.3 is 10.2 Å². The summed E-state index contributed by atoms with van der Waals surface area (Å²) < 4.78 is 53.4. The van der Waals surface area contributed by atoms with Crippen LogP contribution in [0.2, 0.25) is 0 Å². The summed E-state index contributed by atoms with van der Waals surface area (Å²) in [7, 11) is -7.19. The van der Waals surface area contributed by atoms with Gasteiger partial charge in [-0.25, -0.2) is 16.8 Å². The number of anilines is 2. The van der Waals surface area contributed by atoms with Crippen molar-refractivity contribution in [3.63, 3.8) is 0 Å². The maximum Gasteiger partial charge on any atom is 0.179 e. The molecule has 2 heterocycles. The highest BCUT2D eigenvalue weighted by molar-refractivity contribution is 7.91. The lowest BCUT2D eigenvalue weighted by Crippen LogP contribution is -2.42. The van der Waals surface area contributed by atoms with Crippen LogP contribution in [0.5, 0.6) is 0 Å². The van der Waals surface area contributed by atoms with Crippen molar-refractivity contribution in [1.82, 2.24) is 0 Å². The van der Waals surface area contributed by atoms with Gasteiger partial charge >= 0.3 is 0 Å². The zero-order valence-corrected chi connectivity index (χ0v) is 34.5. The first-order valence-electron chi connectivity index (χ1n) is 19.8. The third kappa shape index (κ3) is 8.71. The van der Waals surface area contributed by atoms with E-state index in [1.165, 1.54) is 12.1 Å². The zero-order valence-electron chi connectivity index (χ0n) is 32.9. The van der Waals surface area contributed by atoms with Crippen LogP contribution in [-0.4, -0.2) is 61.2 Å². The van der Waals surface area contributed by atoms with Gasteiger partial charge in [0.1, 0.15) is 0 Å². The van der Waals surface area contributed by atoms with Crippen molar-refractivity contribution in [2.24, 2.45) is 10.8 Å². The monoisotopic (exact) mass is 806 g/mol. The molecule has 6 N–H and O–H groups in total. The van der Waals surface area contributed by atoms with Crippen molar-refractivity contribution in [1.29, 1.82) is 0 Å². The van der Waals surface area contributed by atoms with E-state index in [1.807, 2.05) is 74.5 Å². The number of unbranched alkanes of at least 4 members (excludes halogenated alkanes) is 2. The van der Waals surface area contributed by atoms with Crippen LogP contribution >= 0.6 is 0 Å². The number of fused-ring (bicyclic) bond motifs is 2. The first kappa shape index (κ1) is 43.3. The molecule has 0 fully saturated rings. The Bertz CT molecular complexity index is 1980. The summed E-state index contributed by atoms with van der Waals surface area (Å²) in [5.41, 5.74) is 6.38. The quantitative estimate of drug-likeness (QED) is 0.0761. The predicted molar refractivity (Wildman–Crippen MR) is 221 cm³/mol. The van der Waals surface area contributed by atoms with E-state index in [0.29, 0.717) is 48.2 Å². The minimum Gasteiger partial charge on any atom is -0.392 e. The maximum absolute atomic E-state index is 13.4. The van der Waals surface area contributed by atoms with Gasteiger partial charge in [-0.1, -0.05) is 114 Å². The minimum absolute atomic E-state index is 0.0695. The highest BCUT2D eigenvalue weighted by atomic mass is 32.2. The van der Waals surface area contributed by atoms with E-state index in [4.69, 9.17) is 0 Å². The number of sulfone groups is 2. The first-order chi connectivity index (χ1) is 26.8. The predicted octanol–water partition coefficient (Wildman–Crippen LogP) is 8.71. The van der Waals surface area contributed by atoms with Gasteiger partial charge in [-0.05, 0) is 84.3 Å².